The van der Waals surface area contributed by atoms with Gasteiger partial charge in [-0.2, -0.15) is 0 Å². The molecule has 0 radical (unpaired) electrons. The van der Waals surface area contributed by atoms with Gasteiger partial charge in [0.1, 0.15) is 0 Å². The molecule has 62 valence electrons. The van der Waals surface area contributed by atoms with E-state index in [1.165, 1.54) is 19.4 Å². The fourth-order valence-electron chi connectivity index (χ4n) is 1.21. The SMILES string of the molecule is CC.CN1CCC[C@H](N)C1. The number of likely N-dealkylation sites (tertiary alicyclic amines) is 1. The second-order valence-electron chi connectivity index (χ2n) is 2.66. The third kappa shape index (κ3) is 3.85. The van der Waals surface area contributed by atoms with Crippen LogP contribution >= 0.6 is 0 Å². The molecule has 1 fully saturated rings. The van der Waals surface area contributed by atoms with Crippen molar-refractivity contribution < 1.29 is 0 Å². The highest BCUT2D eigenvalue weighted by Crippen LogP contribution is 2.04. The second-order valence-corrected chi connectivity index (χ2v) is 2.66. The minimum absolute atomic E-state index is 0.439. The zero-order chi connectivity index (χ0) is 7.98. The Hall–Kier alpha value is -0.0800. The topological polar surface area (TPSA) is 29.3 Å². The fourth-order valence-corrected chi connectivity index (χ4v) is 1.21. The van der Waals surface area contributed by atoms with Crippen molar-refractivity contribution in [3.63, 3.8) is 0 Å². The summed E-state index contributed by atoms with van der Waals surface area (Å²) in [5.74, 6) is 0. The summed E-state index contributed by atoms with van der Waals surface area (Å²) in [6, 6.07) is 0.439. The van der Waals surface area contributed by atoms with Gasteiger partial charge in [0, 0.05) is 12.6 Å². The molecule has 1 rings (SSSR count). The third-order valence-electron chi connectivity index (χ3n) is 1.66. The van der Waals surface area contributed by atoms with Gasteiger partial charge < -0.3 is 10.6 Å². The van der Waals surface area contributed by atoms with Gasteiger partial charge in [-0.15, -0.1) is 0 Å². The van der Waals surface area contributed by atoms with Crippen molar-refractivity contribution in [1.82, 2.24) is 4.90 Å². The molecule has 1 saturated heterocycles. The van der Waals surface area contributed by atoms with Crippen molar-refractivity contribution in [2.45, 2.75) is 32.7 Å². The van der Waals surface area contributed by atoms with E-state index >= 15 is 0 Å². The van der Waals surface area contributed by atoms with Crippen molar-refractivity contribution in [3.05, 3.63) is 0 Å². The molecule has 0 aromatic heterocycles. The van der Waals surface area contributed by atoms with Crippen LogP contribution in [-0.4, -0.2) is 31.1 Å². The van der Waals surface area contributed by atoms with Crippen molar-refractivity contribution in [1.29, 1.82) is 0 Å². The molecule has 2 N–H and O–H groups in total. The number of nitrogens with two attached hydrogens (primary N) is 1. The van der Waals surface area contributed by atoms with Crippen LogP contribution < -0.4 is 5.73 Å². The molecular formula is C8H20N2. The number of hydrogen-bond acceptors (Lipinski definition) is 2. The van der Waals surface area contributed by atoms with Crippen LogP contribution in [0.15, 0.2) is 0 Å². The maximum atomic E-state index is 5.68. The first-order chi connectivity index (χ1) is 4.79. The summed E-state index contributed by atoms with van der Waals surface area (Å²) in [4.78, 5) is 2.29. The molecule has 1 atom stereocenters. The molecule has 0 amide bonds. The number of likely N-dealkylation sites (N-methyl/N-ethyl adjacent to an activating group) is 1. The first-order valence-corrected chi connectivity index (χ1v) is 4.23. The Kier molecular flexibility index (Phi) is 5.64. The van der Waals surface area contributed by atoms with Gasteiger partial charge in [-0.1, -0.05) is 13.8 Å². The van der Waals surface area contributed by atoms with Crippen molar-refractivity contribution in [2.24, 2.45) is 5.73 Å². The van der Waals surface area contributed by atoms with Crippen LogP contribution in [0, 0.1) is 0 Å². The Labute approximate surface area is 64.4 Å². The van der Waals surface area contributed by atoms with Crippen molar-refractivity contribution in [3.8, 4) is 0 Å². The van der Waals surface area contributed by atoms with Gasteiger partial charge in [-0.05, 0) is 26.4 Å². The molecule has 0 spiro atoms. The Morgan fingerprint density at radius 1 is 1.40 bits per heavy atom. The van der Waals surface area contributed by atoms with Gasteiger partial charge in [0.15, 0.2) is 0 Å². The second kappa shape index (κ2) is 5.69. The summed E-state index contributed by atoms with van der Waals surface area (Å²) < 4.78 is 0. The molecular weight excluding hydrogens is 124 g/mol. The maximum Gasteiger partial charge on any atom is 0.0168 e. The van der Waals surface area contributed by atoms with E-state index in [-0.39, 0.29) is 0 Å². The largest absolute Gasteiger partial charge is 0.327 e. The molecule has 10 heavy (non-hydrogen) atoms. The van der Waals surface area contributed by atoms with Crippen molar-refractivity contribution in [2.75, 3.05) is 20.1 Å². The van der Waals surface area contributed by atoms with Crippen LogP contribution in [0.3, 0.4) is 0 Å². The Morgan fingerprint density at radius 2 is 2.00 bits per heavy atom. The summed E-state index contributed by atoms with van der Waals surface area (Å²) >= 11 is 0. The predicted octanol–water partition coefficient (Wildman–Crippen LogP) is 1.07. The minimum Gasteiger partial charge on any atom is -0.327 e. The highest BCUT2D eigenvalue weighted by Gasteiger charge is 2.11. The quantitative estimate of drug-likeness (QED) is 0.551. The summed E-state index contributed by atoms with van der Waals surface area (Å²) in [7, 11) is 2.12. The smallest absolute Gasteiger partial charge is 0.0168 e. The van der Waals surface area contributed by atoms with E-state index in [4.69, 9.17) is 5.73 Å². The lowest BCUT2D eigenvalue weighted by molar-refractivity contribution is 0.252. The van der Waals surface area contributed by atoms with Gasteiger partial charge in [0.25, 0.3) is 0 Å². The molecule has 0 unspecified atom stereocenters. The minimum atomic E-state index is 0.439. The van der Waals surface area contributed by atoms with Crippen LogP contribution in [0.25, 0.3) is 0 Å². The van der Waals surface area contributed by atoms with Gasteiger partial charge in [-0.3, -0.25) is 0 Å². The van der Waals surface area contributed by atoms with Gasteiger partial charge in [0.2, 0.25) is 0 Å². The summed E-state index contributed by atoms with van der Waals surface area (Å²) in [5.41, 5.74) is 5.68. The molecule has 1 heterocycles. The third-order valence-corrected chi connectivity index (χ3v) is 1.66. The Balaban J connectivity index is 0.000000371. The summed E-state index contributed by atoms with van der Waals surface area (Å²) in [6.07, 6.45) is 2.49. The van der Waals surface area contributed by atoms with Crippen LogP contribution in [0.1, 0.15) is 26.7 Å². The van der Waals surface area contributed by atoms with Gasteiger partial charge in [-0.25, -0.2) is 0 Å². The standard InChI is InChI=1S/C6H14N2.C2H6/c1-8-4-2-3-6(7)5-8;1-2/h6H,2-5,7H2,1H3;1-2H3/t6-;/m0./s1. The lowest BCUT2D eigenvalue weighted by Gasteiger charge is -2.26. The van der Waals surface area contributed by atoms with Crippen molar-refractivity contribution >= 4 is 0 Å². The molecule has 2 nitrogen and oxygen atoms in total. The first-order valence-electron chi connectivity index (χ1n) is 4.23. The molecule has 1 aliphatic rings. The van der Waals surface area contributed by atoms with Crippen LogP contribution in [0.4, 0.5) is 0 Å². The Bertz CT molecular complexity index is 65.7. The number of hydrogen-bond donors (Lipinski definition) is 1. The highest BCUT2D eigenvalue weighted by molar-refractivity contribution is 4.71. The number of piperidine rings is 1. The molecule has 0 aromatic rings. The lowest BCUT2D eigenvalue weighted by Crippen LogP contribution is -2.40. The average molecular weight is 144 g/mol. The van der Waals surface area contributed by atoms with Gasteiger partial charge >= 0.3 is 0 Å². The normalized spacial score (nSPS) is 27.0. The maximum absolute atomic E-state index is 5.68. The number of rotatable bonds is 0. The molecule has 0 aliphatic carbocycles. The highest BCUT2D eigenvalue weighted by atomic mass is 15.1. The first kappa shape index (κ1) is 9.92. The Morgan fingerprint density at radius 3 is 2.30 bits per heavy atom. The van der Waals surface area contributed by atoms with E-state index in [1.54, 1.807) is 0 Å². The monoisotopic (exact) mass is 144 g/mol. The van der Waals surface area contributed by atoms with E-state index in [2.05, 4.69) is 11.9 Å². The van der Waals surface area contributed by atoms with Crippen LogP contribution in [0.2, 0.25) is 0 Å². The van der Waals surface area contributed by atoms with E-state index in [0.29, 0.717) is 6.04 Å². The summed E-state index contributed by atoms with van der Waals surface area (Å²) in [5, 5.41) is 0. The average Bonchev–Trinajstić information content (AvgIpc) is 1.91. The predicted molar refractivity (Wildman–Crippen MR) is 46.1 cm³/mol. The van der Waals surface area contributed by atoms with E-state index < -0.39 is 0 Å². The van der Waals surface area contributed by atoms with E-state index in [0.717, 1.165) is 6.54 Å². The zero-order valence-corrected chi connectivity index (χ0v) is 7.43. The van der Waals surface area contributed by atoms with Gasteiger partial charge in [0.05, 0.1) is 0 Å². The zero-order valence-electron chi connectivity index (χ0n) is 7.43. The molecule has 0 bridgehead atoms. The van der Waals surface area contributed by atoms with Crippen LogP contribution in [0.5, 0.6) is 0 Å². The number of nitrogens with zero attached hydrogens (tertiary/aromatic N) is 1. The molecule has 2 heteroatoms. The molecule has 0 aromatic carbocycles. The lowest BCUT2D eigenvalue weighted by atomic mass is 10.1. The molecule has 1 aliphatic heterocycles. The summed E-state index contributed by atoms with van der Waals surface area (Å²) in [6.45, 7) is 6.31. The fraction of sp³-hybridized carbons (Fsp3) is 1.00. The van der Waals surface area contributed by atoms with E-state index in [9.17, 15) is 0 Å². The van der Waals surface area contributed by atoms with Crippen LogP contribution in [-0.2, 0) is 0 Å². The van der Waals surface area contributed by atoms with E-state index in [1.807, 2.05) is 13.8 Å². The molecule has 0 saturated carbocycles.